The summed E-state index contributed by atoms with van der Waals surface area (Å²) in [6, 6.07) is 10.9. The zero-order valence-corrected chi connectivity index (χ0v) is 17.0. The van der Waals surface area contributed by atoms with E-state index in [1.165, 1.54) is 69.7 Å². The Morgan fingerprint density at radius 2 is 1.67 bits per heavy atom. The summed E-state index contributed by atoms with van der Waals surface area (Å²) in [5.74, 6) is 2.94. The van der Waals surface area contributed by atoms with Gasteiger partial charge in [0.25, 0.3) is 0 Å². The average Bonchev–Trinajstić information content (AvgIpc) is 3.30. The zero-order chi connectivity index (χ0) is 18.6. The van der Waals surface area contributed by atoms with E-state index in [4.69, 9.17) is 0 Å². The quantitative estimate of drug-likeness (QED) is 0.782. The molecule has 1 aromatic heterocycles. The van der Waals surface area contributed by atoms with Crippen LogP contribution >= 0.6 is 0 Å². The lowest BCUT2D eigenvalue weighted by Crippen LogP contribution is -2.37. The maximum atomic E-state index is 4.45. The van der Waals surface area contributed by atoms with Crippen LogP contribution in [-0.4, -0.2) is 52.1 Å². The van der Waals surface area contributed by atoms with Gasteiger partial charge in [0, 0.05) is 32.9 Å². The summed E-state index contributed by atoms with van der Waals surface area (Å²) in [6.45, 7) is 9.46. The minimum absolute atomic E-state index is 0.899. The molecule has 2 aromatic rings. The highest BCUT2D eigenvalue weighted by Crippen LogP contribution is 2.32. The summed E-state index contributed by atoms with van der Waals surface area (Å²) in [7, 11) is 2.14. The largest absolute Gasteiger partial charge is 0.334 e. The number of rotatable bonds is 6. The molecule has 2 aliphatic rings. The first-order valence-electron chi connectivity index (χ1n) is 10.6. The molecule has 0 saturated carbocycles. The third-order valence-electron chi connectivity index (χ3n) is 6.87. The highest BCUT2D eigenvalue weighted by Gasteiger charge is 2.32. The summed E-state index contributed by atoms with van der Waals surface area (Å²) >= 11 is 0. The molecule has 1 unspecified atom stereocenters. The van der Waals surface area contributed by atoms with E-state index in [-0.39, 0.29) is 0 Å². The van der Waals surface area contributed by atoms with Gasteiger partial charge < -0.3 is 9.47 Å². The Balaban J connectivity index is 1.20. The topological polar surface area (TPSA) is 24.3 Å². The standard InChI is InChI=1S/C23H34N4/c1-19-24-16-23(25(19)2)18-27-15-11-22(17-27)21-9-13-26(14-10-21)12-8-20-6-4-3-5-7-20/h3-7,16,21-22H,8-15,17-18H2,1-2H3. The fourth-order valence-corrected chi connectivity index (χ4v) is 4.90. The first-order valence-corrected chi connectivity index (χ1v) is 10.6. The van der Waals surface area contributed by atoms with E-state index >= 15 is 0 Å². The number of aryl methyl sites for hydroxylation is 1. The normalized spacial score (nSPS) is 22.5. The number of nitrogens with zero attached hydrogens (tertiary/aromatic N) is 4. The van der Waals surface area contributed by atoms with Gasteiger partial charge in [-0.3, -0.25) is 4.90 Å². The molecule has 4 nitrogen and oxygen atoms in total. The molecule has 3 heterocycles. The predicted molar refractivity (Wildman–Crippen MR) is 111 cm³/mol. The van der Waals surface area contributed by atoms with Crippen molar-refractivity contribution in [1.29, 1.82) is 0 Å². The van der Waals surface area contributed by atoms with Crippen LogP contribution in [0.4, 0.5) is 0 Å². The molecule has 0 amide bonds. The second-order valence-corrected chi connectivity index (χ2v) is 8.55. The number of likely N-dealkylation sites (tertiary alicyclic amines) is 2. The molecule has 4 heteroatoms. The van der Waals surface area contributed by atoms with Gasteiger partial charge in [-0.1, -0.05) is 30.3 Å². The maximum absolute atomic E-state index is 4.45. The molecule has 0 bridgehead atoms. The van der Waals surface area contributed by atoms with Gasteiger partial charge in [0.15, 0.2) is 0 Å². The number of imidazole rings is 1. The molecule has 146 valence electrons. The van der Waals surface area contributed by atoms with Crippen molar-refractivity contribution >= 4 is 0 Å². The van der Waals surface area contributed by atoms with Crippen LogP contribution in [0.5, 0.6) is 0 Å². The van der Waals surface area contributed by atoms with Crippen molar-refractivity contribution in [1.82, 2.24) is 19.4 Å². The Bertz CT molecular complexity index is 715. The van der Waals surface area contributed by atoms with Crippen LogP contribution in [-0.2, 0) is 20.0 Å². The van der Waals surface area contributed by atoms with Crippen molar-refractivity contribution in [3.63, 3.8) is 0 Å². The van der Waals surface area contributed by atoms with Crippen molar-refractivity contribution in [2.75, 3.05) is 32.7 Å². The summed E-state index contributed by atoms with van der Waals surface area (Å²) in [5.41, 5.74) is 2.82. The Morgan fingerprint density at radius 3 is 2.37 bits per heavy atom. The monoisotopic (exact) mass is 366 g/mol. The summed E-state index contributed by atoms with van der Waals surface area (Å²) in [4.78, 5) is 9.76. The lowest BCUT2D eigenvalue weighted by atomic mass is 9.83. The molecular formula is C23H34N4. The minimum atomic E-state index is 0.899. The highest BCUT2D eigenvalue weighted by molar-refractivity contribution is 5.14. The van der Waals surface area contributed by atoms with Crippen molar-refractivity contribution in [2.45, 2.75) is 39.2 Å². The van der Waals surface area contributed by atoms with Gasteiger partial charge in [-0.05, 0) is 69.6 Å². The molecule has 1 atom stereocenters. The van der Waals surface area contributed by atoms with Crippen LogP contribution in [0.3, 0.4) is 0 Å². The third-order valence-corrected chi connectivity index (χ3v) is 6.87. The highest BCUT2D eigenvalue weighted by atomic mass is 15.2. The Morgan fingerprint density at radius 1 is 0.963 bits per heavy atom. The lowest BCUT2D eigenvalue weighted by Gasteiger charge is -2.35. The molecule has 2 saturated heterocycles. The van der Waals surface area contributed by atoms with E-state index in [9.17, 15) is 0 Å². The van der Waals surface area contributed by atoms with E-state index in [1.54, 1.807) is 0 Å². The molecule has 4 rings (SSSR count). The van der Waals surface area contributed by atoms with Crippen LogP contribution in [0.25, 0.3) is 0 Å². The summed E-state index contributed by atoms with van der Waals surface area (Å²) in [6.07, 6.45) is 7.39. The molecule has 2 fully saturated rings. The van der Waals surface area contributed by atoms with Crippen LogP contribution in [0.15, 0.2) is 36.5 Å². The second-order valence-electron chi connectivity index (χ2n) is 8.55. The number of hydrogen-bond donors (Lipinski definition) is 0. The van der Waals surface area contributed by atoms with E-state index in [1.807, 2.05) is 6.20 Å². The second kappa shape index (κ2) is 8.57. The zero-order valence-electron chi connectivity index (χ0n) is 17.0. The maximum Gasteiger partial charge on any atom is 0.105 e. The van der Waals surface area contributed by atoms with Crippen molar-refractivity contribution in [2.24, 2.45) is 18.9 Å². The molecule has 27 heavy (non-hydrogen) atoms. The van der Waals surface area contributed by atoms with Gasteiger partial charge >= 0.3 is 0 Å². The minimum Gasteiger partial charge on any atom is -0.334 e. The van der Waals surface area contributed by atoms with Crippen molar-refractivity contribution in [3.8, 4) is 0 Å². The van der Waals surface area contributed by atoms with Crippen LogP contribution in [0.1, 0.15) is 36.3 Å². The van der Waals surface area contributed by atoms with E-state index in [0.29, 0.717) is 0 Å². The Hall–Kier alpha value is -1.65. The van der Waals surface area contributed by atoms with Gasteiger partial charge in [0.05, 0.1) is 5.69 Å². The fraction of sp³-hybridized carbons (Fsp3) is 0.609. The average molecular weight is 367 g/mol. The summed E-state index contributed by atoms with van der Waals surface area (Å²) in [5, 5.41) is 0. The van der Waals surface area contributed by atoms with Crippen LogP contribution < -0.4 is 0 Å². The fourth-order valence-electron chi connectivity index (χ4n) is 4.90. The first-order chi connectivity index (χ1) is 13.2. The van der Waals surface area contributed by atoms with Gasteiger partial charge in [0.1, 0.15) is 5.82 Å². The summed E-state index contributed by atoms with van der Waals surface area (Å²) < 4.78 is 2.23. The molecule has 0 spiro atoms. The van der Waals surface area contributed by atoms with Crippen LogP contribution in [0.2, 0.25) is 0 Å². The molecular weight excluding hydrogens is 332 g/mol. The molecule has 0 aliphatic carbocycles. The number of piperidine rings is 1. The Kier molecular flexibility index (Phi) is 5.94. The predicted octanol–water partition coefficient (Wildman–Crippen LogP) is 3.51. The number of hydrogen-bond acceptors (Lipinski definition) is 3. The molecule has 1 aromatic carbocycles. The number of benzene rings is 1. The number of aromatic nitrogens is 2. The molecule has 0 radical (unpaired) electrons. The van der Waals surface area contributed by atoms with Gasteiger partial charge in [0.2, 0.25) is 0 Å². The van der Waals surface area contributed by atoms with E-state index in [2.05, 4.69) is 63.7 Å². The van der Waals surface area contributed by atoms with Gasteiger partial charge in [-0.15, -0.1) is 0 Å². The lowest BCUT2D eigenvalue weighted by molar-refractivity contribution is 0.147. The van der Waals surface area contributed by atoms with Crippen molar-refractivity contribution < 1.29 is 0 Å². The van der Waals surface area contributed by atoms with Crippen LogP contribution in [0, 0.1) is 18.8 Å². The van der Waals surface area contributed by atoms with Gasteiger partial charge in [-0.25, -0.2) is 4.98 Å². The van der Waals surface area contributed by atoms with Crippen molar-refractivity contribution in [3.05, 3.63) is 53.6 Å². The molecule has 0 N–H and O–H groups in total. The van der Waals surface area contributed by atoms with E-state index < -0.39 is 0 Å². The SMILES string of the molecule is Cc1ncc(CN2CCC(C3CCN(CCc4ccccc4)CC3)C2)n1C. The third kappa shape index (κ3) is 4.61. The Labute approximate surface area is 164 Å². The smallest absolute Gasteiger partial charge is 0.105 e. The molecule has 2 aliphatic heterocycles. The first kappa shape index (κ1) is 18.7. The van der Waals surface area contributed by atoms with Gasteiger partial charge in [-0.2, -0.15) is 0 Å². The van der Waals surface area contributed by atoms with E-state index in [0.717, 1.165) is 24.2 Å².